The van der Waals surface area contributed by atoms with Crippen molar-refractivity contribution in [3.8, 4) is 0 Å². The topological polar surface area (TPSA) is 82.3 Å². The van der Waals surface area contributed by atoms with Gasteiger partial charge in [0.1, 0.15) is 16.4 Å². The number of nitrogens with one attached hydrogen (secondary N) is 2. The highest BCUT2D eigenvalue weighted by molar-refractivity contribution is 7.89. The molecule has 0 radical (unpaired) electrons. The Kier molecular flexibility index (Phi) is 5.67. The van der Waals surface area contributed by atoms with Gasteiger partial charge in [0, 0.05) is 25.3 Å². The zero-order chi connectivity index (χ0) is 19.6. The van der Waals surface area contributed by atoms with Crippen LogP contribution in [-0.4, -0.2) is 36.7 Å². The Balaban J connectivity index is 1.80. The number of hydrogen-bond acceptors (Lipinski definition) is 3. The van der Waals surface area contributed by atoms with Crippen LogP contribution in [0, 0.1) is 19.7 Å². The highest BCUT2D eigenvalue weighted by Crippen LogP contribution is 2.28. The van der Waals surface area contributed by atoms with E-state index in [2.05, 4.69) is 10.3 Å². The molecule has 0 atom stereocenters. The molecule has 1 saturated heterocycles. The molecule has 0 bridgehead atoms. The number of aromatic nitrogens is 1. The van der Waals surface area contributed by atoms with Gasteiger partial charge in [0.15, 0.2) is 0 Å². The van der Waals surface area contributed by atoms with E-state index >= 15 is 0 Å². The lowest BCUT2D eigenvalue weighted by Gasteiger charge is -2.26. The van der Waals surface area contributed by atoms with Crippen molar-refractivity contribution in [2.45, 2.75) is 44.6 Å². The molecule has 1 aromatic carbocycles. The van der Waals surface area contributed by atoms with E-state index in [1.807, 2.05) is 0 Å². The van der Waals surface area contributed by atoms with Crippen LogP contribution in [0.4, 0.5) is 4.39 Å². The lowest BCUT2D eigenvalue weighted by molar-refractivity contribution is 0.0945. The Bertz CT molecular complexity index is 930. The van der Waals surface area contributed by atoms with E-state index < -0.39 is 10.0 Å². The molecule has 3 rings (SSSR count). The number of H-pyrrole nitrogens is 1. The molecule has 1 fully saturated rings. The van der Waals surface area contributed by atoms with Gasteiger partial charge in [-0.25, -0.2) is 12.8 Å². The molecule has 2 N–H and O–H groups in total. The van der Waals surface area contributed by atoms with Crippen LogP contribution in [0.2, 0.25) is 0 Å². The van der Waals surface area contributed by atoms with Crippen LogP contribution in [0.1, 0.15) is 46.6 Å². The average molecular weight is 393 g/mol. The molecular formula is C19H24FN3O3S. The van der Waals surface area contributed by atoms with Crippen LogP contribution in [-0.2, 0) is 16.6 Å². The number of aromatic amines is 1. The van der Waals surface area contributed by atoms with Crippen LogP contribution in [0.15, 0.2) is 29.2 Å². The first-order chi connectivity index (χ1) is 12.8. The average Bonchev–Trinajstić information content (AvgIpc) is 2.96. The van der Waals surface area contributed by atoms with E-state index in [4.69, 9.17) is 0 Å². The predicted octanol–water partition coefficient (Wildman–Crippen LogP) is 2.88. The molecule has 8 heteroatoms. The molecule has 146 valence electrons. The van der Waals surface area contributed by atoms with Gasteiger partial charge in [0.25, 0.3) is 5.91 Å². The number of sulfonamides is 1. The molecule has 0 aliphatic carbocycles. The van der Waals surface area contributed by atoms with Gasteiger partial charge in [-0.15, -0.1) is 0 Å². The zero-order valence-electron chi connectivity index (χ0n) is 15.5. The minimum atomic E-state index is -3.63. The predicted molar refractivity (Wildman–Crippen MR) is 100 cm³/mol. The van der Waals surface area contributed by atoms with Crippen molar-refractivity contribution in [1.82, 2.24) is 14.6 Å². The van der Waals surface area contributed by atoms with Crippen LogP contribution in [0.3, 0.4) is 0 Å². The monoisotopic (exact) mass is 393 g/mol. The largest absolute Gasteiger partial charge is 0.353 e. The van der Waals surface area contributed by atoms with Gasteiger partial charge >= 0.3 is 0 Å². The van der Waals surface area contributed by atoms with Crippen molar-refractivity contribution in [1.29, 1.82) is 0 Å². The summed E-state index contributed by atoms with van der Waals surface area (Å²) in [5.74, 6) is -0.728. The third-order valence-corrected chi connectivity index (χ3v) is 7.05. The number of carbonyl (C=O) groups is 1. The number of hydrogen-bond donors (Lipinski definition) is 2. The summed E-state index contributed by atoms with van der Waals surface area (Å²) >= 11 is 0. The van der Waals surface area contributed by atoms with E-state index in [-0.39, 0.29) is 28.9 Å². The van der Waals surface area contributed by atoms with Crippen molar-refractivity contribution >= 4 is 15.9 Å². The SMILES string of the molecule is Cc1[nH]c(C(=O)NCc2ccc(F)cc2)c(C)c1S(=O)(=O)N1CCCCC1. The molecule has 27 heavy (non-hydrogen) atoms. The van der Waals surface area contributed by atoms with Crippen LogP contribution in [0.25, 0.3) is 0 Å². The molecule has 1 amide bonds. The third kappa shape index (κ3) is 4.06. The molecule has 0 saturated carbocycles. The Labute approximate surface area is 158 Å². The van der Waals surface area contributed by atoms with Crippen molar-refractivity contribution in [3.05, 3.63) is 52.6 Å². The molecule has 2 heterocycles. The zero-order valence-corrected chi connectivity index (χ0v) is 16.3. The lowest BCUT2D eigenvalue weighted by Crippen LogP contribution is -2.36. The van der Waals surface area contributed by atoms with E-state index in [0.29, 0.717) is 24.3 Å². The Morgan fingerprint density at radius 2 is 1.78 bits per heavy atom. The molecule has 1 aliphatic heterocycles. The second-order valence-corrected chi connectivity index (χ2v) is 8.73. The molecule has 0 unspecified atom stereocenters. The normalized spacial score (nSPS) is 15.7. The fourth-order valence-electron chi connectivity index (χ4n) is 3.45. The van der Waals surface area contributed by atoms with Crippen molar-refractivity contribution in [2.24, 2.45) is 0 Å². The number of rotatable bonds is 5. The fraction of sp³-hybridized carbons (Fsp3) is 0.421. The second kappa shape index (κ2) is 7.82. The number of amides is 1. The number of aryl methyl sites for hydroxylation is 1. The van der Waals surface area contributed by atoms with Gasteiger partial charge in [0.2, 0.25) is 10.0 Å². The maximum atomic E-state index is 13.0. The molecule has 6 nitrogen and oxygen atoms in total. The number of nitrogens with zero attached hydrogens (tertiary/aromatic N) is 1. The quantitative estimate of drug-likeness (QED) is 0.819. The van der Waals surface area contributed by atoms with Gasteiger partial charge < -0.3 is 10.3 Å². The summed E-state index contributed by atoms with van der Waals surface area (Å²) in [5.41, 5.74) is 1.89. The summed E-state index contributed by atoms with van der Waals surface area (Å²) in [4.78, 5) is 15.7. The lowest BCUT2D eigenvalue weighted by atomic mass is 10.2. The smallest absolute Gasteiger partial charge is 0.268 e. The molecule has 1 aromatic heterocycles. The maximum absolute atomic E-state index is 13.0. The molecular weight excluding hydrogens is 369 g/mol. The van der Waals surface area contributed by atoms with Crippen molar-refractivity contribution in [3.63, 3.8) is 0 Å². The van der Waals surface area contributed by atoms with Gasteiger partial charge in [0.05, 0.1) is 0 Å². The molecule has 1 aliphatic rings. The Morgan fingerprint density at radius 3 is 2.41 bits per heavy atom. The van der Waals surface area contributed by atoms with Gasteiger partial charge in [-0.2, -0.15) is 4.31 Å². The van der Waals surface area contributed by atoms with Gasteiger partial charge in [-0.3, -0.25) is 4.79 Å². The highest BCUT2D eigenvalue weighted by atomic mass is 32.2. The standard InChI is InChI=1S/C19H24FN3O3S/c1-13-17(19(24)21-12-15-6-8-16(20)9-7-15)22-14(2)18(13)27(25,26)23-10-4-3-5-11-23/h6-9,22H,3-5,10-12H2,1-2H3,(H,21,24). The Morgan fingerprint density at radius 1 is 1.15 bits per heavy atom. The summed E-state index contributed by atoms with van der Waals surface area (Å²) in [6.45, 7) is 4.57. The van der Waals surface area contributed by atoms with Crippen molar-refractivity contribution < 1.29 is 17.6 Å². The Hall–Kier alpha value is -2.19. The van der Waals surface area contributed by atoms with Gasteiger partial charge in [-0.05, 0) is 49.9 Å². The summed E-state index contributed by atoms with van der Waals surface area (Å²) in [7, 11) is -3.63. The molecule has 2 aromatic rings. The van der Waals surface area contributed by atoms with E-state index in [1.165, 1.54) is 16.4 Å². The number of carbonyl (C=O) groups excluding carboxylic acids is 1. The first-order valence-electron chi connectivity index (χ1n) is 9.02. The highest BCUT2D eigenvalue weighted by Gasteiger charge is 2.32. The minimum absolute atomic E-state index is 0.191. The van der Waals surface area contributed by atoms with Crippen LogP contribution in [0.5, 0.6) is 0 Å². The van der Waals surface area contributed by atoms with Crippen LogP contribution >= 0.6 is 0 Å². The summed E-state index contributed by atoms with van der Waals surface area (Å²) < 4.78 is 40.5. The fourth-order valence-corrected chi connectivity index (χ4v) is 5.38. The molecule has 0 spiro atoms. The third-order valence-electron chi connectivity index (χ3n) is 4.87. The van der Waals surface area contributed by atoms with Gasteiger partial charge in [-0.1, -0.05) is 18.6 Å². The number of benzene rings is 1. The van der Waals surface area contributed by atoms with Crippen LogP contribution < -0.4 is 5.32 Å². The summed E-state index contributed by atoms with van der Waals surface area (Å²) in [6.07, 6.45) is 2.74. The van der Waals surface area contributed by atoms with E-state index in [9.17, 15) is 17.6 Å². The summed E-state index contributed by atoms with van der Waals surface area (Å²) in [5, 5.41) is 2.75. The van der Waals surface area contributed by atoms with E-state index in [0.717, 1.165) is 24.8 Å². The second-order valence-electron chi connectivity index (χ2n) is 6.85. The number of halogens is 1. The maximum Gasteiger partial charge on any atom is 0.268 e. The summed E-state index contributed by atoms with van der Waals surface area (Å²) in [6, 6.07) is 5.84. The first-order valence-corrected chi connectivity index (χ1v) is 10.5. The first kappa shape index (κ1) is 19.6. The number of piperidine rings is 1. The van der Waals surface area contributed by atoms with E-state index in [1.54, 1.807) is 26.0 Å². The van der Waals surface area contributed by atoms with Crippen molar-refractivity contribution in [2.75, 3.05) is 13.1 Å². The minimum Gasteiger partial charge on any atom is -0.353 e.